The van der Waals surface area contributed by atoms with Crippen molar-refractivity contribution in [3.63, 3.8) is 0 Å². The number of pyridine rings is 1. The highest BCUT2D eigenvalue weighted by Gasteiger charge is 2.45. The number of likely N-dealkylation sites (N-methyl/N-ethyl adjacent to an activating group) is 1. The summed E-state index contributed by atoms with van der Waals surface area (Å²) in [5, 5.41) is 9.40. The molecular weight excluding hydrogens is 876 g/mol. The molecule has 4 saturated heterocycles. The number of carbonyl (C=O) groups excluding carboxylic acids is 4. The van der Waals surface area contributed by atoms with Crippen LogP contribution in [0.1, 0.15) is 93.6 Å². The van der Waals surface area contributed by atoms with Crippen molar-refractivity contribution in [1.82, 2.24) is 35.0 Å². The van der Waals surface area contributed by atoms with E-state index in [9.17, 15) is 24.0 Å². The Labute approximate surface area is 394 Å². The molecule has 1 aliphatic carbocycles. The number of aromatic nitrogens is 3. The number of rotatable bonds is 12. The van der Waals surface area contributed by atoms with Gasteiger partial charge >= 0.3 is 0 Å². The molecule has 4 amide bonds. The number of hydrogen-bond donors (Lipinski definition) is 3. The predicted octanol–water partition coefficient (Wildman–Crippen LogP) is 5.16. The average Bonchev–Trinajstić information content (AvgIpc) is 3.87. The van der Waals surface area contributed by atoms with Crippen LogP contribution in [0.4, 0.5) is 23.1 Å². The van der Waals surface area contributed by atoms with Crippen molar-refractivity contribution in [2.75, 3.05) is 68.0 Å². The first-order valence-electron chi connectivity index (χ1n) is 23.8. The first kappa shape index (κ1) is 45.0. The minimum atomic E-state index is -0.601. The monoisotopic (exact) mass is 934 g/mol. The van der Waals surface area contributed by atoms with Gasteiger partial charge in [-0.1, -0.05) is 11.6 Å². The summed E-state index contributed by atoms with van der Waals surface area (Å²) < 4.78 is 14.0. The van der Waals surface area contributed by atoms with Gasteiger partial charge in [-0.25, -0.2) is 4.98 Å². The van der Waals surface area contributed by atoms with Crippen LogP contribution in [0.25, 0.3) is 10.9 Å². The van der Waals surface area contributed by atoms with Crippen LogP contribution in [0.5, 0.6) is 5.75 Å². The molecule has 10 rings (SSSR count). The second-order valence-electron chi connectivity index (χ2n) is 19.5. The maximum absolute atomic E-state index is 13.3. The van der Waals surface area contributed by atoms with Gasteiger partial charge in [0, 0.05) is 80.6 Å². The van der Waals surface area contributed by atoms with E-state index in [0.717, 1.165) is 92.8 Å². The van der Waals surface area contributed by atoms with Crippen molar-refractivity contribution in [3.8, 4) is 5.75 Å². The Morgan fingerprint density at radius 2 is 1.72 bits per heavy atom. The molecule has 18 heteroatoms. The first-order valence-corrected chi connectivity index (χ1v) is 24.2. The van der Waals surface area contributed by atoms with E-state index in [1.807, 2.05) is 38.1 Å². The van der Waals surface area contributed by atoms with Crippen molar-refractivity contribution < 1.29 is 28.7 Å². The maximum atomic E-state index is 13.3. The van der Waals surface area contributed by atoms with Crippen molar-refractivity contribution in [1.29, 1.82) is 0 Å². The lowest BCUT2D eigenvalue weighted by Crippen LogP contribution is -2.53. The van der Waals surface area contributed by atoms with Crippen LogP contribution in [-0.2, 0) is 25.7 Å². The number of nitrogens with zero attached hydrogens (tertiary/aromatic N) is 7. The van der Waals surface area contributed by atoms with Gasteiger partial charge in [0.15, 0.2) is 18.2 Å². The fourth-order valence-electron chi connectivity index (χ4n) is 11.1. The van der Waals surface area contributed by atoms with Gasteiger partial charge in [0.05, 0.1) is 23.9 Å². The zero-order valence-corrected chi connectivity index (χ0v) is 39.1. The summed E-state index contributed by atoms with van der Waals surface area (Å²) in [5.74, 6) is 0.0655. The second-order valence-corrected chi connectivity index (χ2v) is 19.9. The largest absolute Gasteiger partial charge is 0.478 e. The smallest absolute Gasteiger partial charge is 0.293 e. The summed E-state index contributed by atoms with van der Waals surface area (Å²) in [4.78, 5) is 81.0. The number of amides is 4. The Bertz CT molecular complexity index is 2650. The van der Waals surface area contributed by atoms with Gasteiger partial charge in [-0.2, -0.15) is 4.98 Å². The molecule has 7 heterocycles. The number of imide groups is 1. The van der Waals surface area contributed by atoms with E-state index in [0.29, 0.717) is 46.8 Å². The number of likely N-dealkylation sites (tertiary alicyclic amines) is 1. The van der Waals surface area contributed by atoms with Gasteiger partial charge < -0.3 is 44.3 Å². The normalized spacial score (nSPS) is 23.2. The summed E-state index contributed by atoms with van der Waals surface area (Å²) in [6, 6.07) is 13.3. The van der Waals surface area contributed by atoms with E-state index >= 15 is 0 Å². The third-order valence-corrected chi connectivity index (χ3v) is 15.3. The molecule has 2 aromatic carbocycles. The lowest BCUT2D eigenvalue weighted by Gasteiger charge is -2.49. The summed E-state index contributed by atoms with van der Waals surface area (Å²) >= 11 is 6.62. The van der Waals surface area contributed by atoms with Crippen molar-refractivity contribution in [2.24, 2.45) is 5.41 Å². The molecule has 3 N–H and O–H groups in total. The molecule has 6 aliphatic rings. The molecule has 2 aromatic heterocycles. The molecule has 354 valence electrons. The van der Waals surface area contributed by atoms with E-state index < -0.39 is 6.04 Å². The Morgan fingerprint density at radius 3 is 2.46 bits per heavy atom. The Balaban J connectivity index is 0.679. The Hall–Kier alpha value is -5.78. The lowest BCUT2D eigenvalue weighted by molar-refractivity contribution is -0.137. The Kier molecular flexibility index (Phi) is 12.3. The van der Waals surface area contributed by atoms with Gasteiger partial charge in [-0.15, -0.1) is 0 Å². The molecule has 1 unspecified atom stereocenters. The quantitative estimate of drug-likeness (QED) is 0.159. The molecular formula is C49H59ClN10O7. The maximum Gasteiger partial charge on any atom is 0.293 e. The standard InChI is InChI=1S/C49H59ClN10O7/c1-29(2)60-39-7-4-32(20-30(39)22-41(47(60)65)66-27-43(62)51-3)53-44-38(50)25-52-48(55-44)57-15-10-35(11-16-57)67-36-23-34(24-36)56-17-12-49(13-18-56)14-19-58(28-49)33-5-6-37-31(21-33)26-59(46(37)64)40-8-9-42(61)54-45(40)63/h4-7,20-22,25,29,34-36,40H,8-19,23-24,26-28H2,1-3H3,(H,51,62)(H,52,53,55)(H,54,61,63). The minimum absolute atomic E-state index is 0.0988. The SMILES string of the molecule is CNC(=O)COc1cc2cc(Nc3nc(N4CCC(OC5CC(N6CCC7(CCN(c8ccc9c(c8)CN(C8CCC(=O)NC8=O)C9=O)C7)CC6)C5)CC4)ncc3Cl)ccc2n(C(C)C)c1=O. The number of halogens is 1. The molecule has 1 atom stereocenters. The minimum Gasteiger partial charge on any atom is -0.478 e. The highest BCUT2D eigenvalue weighted by atomic mass is 35.5. The molecule has 17 nitrogen and oxygen atoms in total. The van der Waals surface area contributed by atoms with Crippen LogP contribution in [0.15, 0.2) is 53.5 Å². The average molecular weight is 936 g/mol. The summed E-state index contributed by atoms with van der Waals surface area (Å²) in [6.45, 7) is 9.79. The van der Waals surface area contributed by atoms with Gasteiger partial charge in [-0.3, -0.25) is 29.3 Å². The topological polar surface area (TPSA) is 184 Å². The number of piperidine rings is 3. The number of nitrogens with one attached hydrogen (secondary N) is 3. The number of benzene rings is 2. The van der Waals surface area contributed by atoms with Gasteiger partial charge in [0.25, 0.3) is 17.4 Å². The summed E-state index contributed by atoms with van der Waals surface area (Å²) in [6.07, 6.45) is 10.2. The van der Waals surface area contributed by atoms with Crippen molar-refractivity contribution >= 4 is 69.3 Å². The fourth-order valence-corrected chi connectivity index (χ4v) is 11.2. The van der Waals surface area contributed by atoms with Gasteiger partial charge in [0.2, 0.25) is 17.8 Å². The van der Waals surface area contributed by atoms with Gasteiger partial charge in [0.1, 0.15) is 11.1 Å². The molecule has 4 aromatic rings. The number of carbonyl (C=O) groups is 4. The number of fused-ring (bicyclic) bond motifs is 2. The summed E-state index contributed by atoms with van der Waals surface area (Å²) in [5.41, 5.74) is 4.23. The van der Waals surface area contributed by atoms with Crippen LogP contribution in [0.2, 0.25) is 5.02 Å². The number of ether oxygens (including phenoxy) is 2. The lowest BCUT2D eigenvalue weighted by atomic mass is 9.76. The second kappa shape index (κ2) is 18.4. The molecule has 0 radical (unpaired) electrons. The molecule has 5 fully saturated rings. The van der Waals surface area contributed by atoms with Crippen LogP contribution >= 0.6 is 11.6 Å². The molecule has 67 heavy (non-hydrogen) atoms. The van der Waals surface area contributed by atoms with Crippen molar-refractivity contribution in [3.05, 3.63) is 75.2 Å². The highest BCUT2D eigenvalue weighted by Crippen LogP contribution is 2.45. The zero-order valence-electron chi connectivity index (χ0n) is 38.4. The van der Waals surface area contributed by atoms with E-state index in [4.69, 9.17) is 26.1 Å². The number of hydrogen-bond acceptors (Lipinski definition) is 13. The fraction of sp³-hybridized carbons (Fsp3) is 0.531. The number of anilines is 4. The zero-order chi connectivity index (χ0) is 46.6. The Morgan fingerprint density at radius 1 is 0.940 bits per heavy atom. The summed E-state index contributed by atoms with van der Waals surface area (Å²) in [7, 11) is 1.52. The molecule has 5 aliphatic heterocycles. The van der Waals surface area contributed by atoms with E-state index in [1.165, 1.54) is 26.3 Å². The third kappa shape index (κ3) is 9.05. The van der Waals surface area contributed by atoms with Crippen LogP contribution in [0, 0.1) is 5.41 Å². The first-order chi connectivity index (χ1) is 32.3. The van der Waals surface area contributed by atoms with Crippen LogP contribution < -0.4 is 36.0 Å². The van der Waals surface area contributed by atoms with Crippen LogP contribution in [-0.4, -0.2) is 125 Å². The highest BCUT2D eigenvalue weighted by molar-refractivity contribution is 6.33. The van der Waals surface area contributed by atoms with E-state index in [2.05, 4.69) is 47.8 Å². The van der Waals surface area contributed by atoms with Gasteiger partial charge in [-0.05, 0) is 132 Å². The van der Waals surface area contributed by atoms with E-state index in [-0.39, 0.29) is 66.2 Å². The van der Waals surface area contributed by atoms with Crippen LogP contribution in [0.3, 0.4) is 0 Å². The molecule has 1 spiro atoms. The molecule has 0 bridgehead atoms. The van der Waals surface area contributed by atoms with E-state index in [1.54, 1.807) is 21.7 Å². The van der Waals surface area contributed by atoms with Crippen molar-refractivity contribution in [2.45, 2.75) is 109 Å². The third-order valence-electron chi connectivity index (χ3n) is 15.0. The molecule has 1 saturated carbocycles. The predicted molar refractivity (Wildman–Crippen MR) is 254 cm³/mol.